The van der Waals surface area contributed by atoms with Gasteiger partial charge in [-0.15, -0.1) is 11.3 Å². The van der Waals surface area contributed by atoms with Crippen LogP contribution in [-0.4, -0.2) is 132 Å². The monoisotopic (exact) mass is 1060 g/mol. The van der Waals surface area contributed by atoms with Crippen LogP contribution in [0.15, 0.2) is 59.0 Å². The molecule has 5 aromatic rings. The molecule has 1 aromatic carbocycles. The minimum atomic E-state index is -0.849. The lowest BCUT2D eigenvalue weighted by molar-refractivity contribution is -0.142. The van der Waals surface area contributed by atoms with Crippen LogP contribution in [0.25, 0.3) is 11.0 Å². The summed E-state index contributed by atoms with van der Waals surface area (Å²) in [5.74, 6) is -1.05. The Kier molecular flexibility index (Phi) is 17.0. The number of amides is 4. The van der Waals surface area contributed by atoms with Gasteiger partial charge in [-0.25, -0.2) is 19.3 Å². The number of thiazole rings is 1. The number of Topliss-reactive ketones (excluding diaryl/α,β-unsaturated/α-hetero) is 1. The Hall–Kier alpha value is -6.96. The van der Waals surface area contributed by atoms with Gasteiger partial charge in [0.2, 0.25) is 35.4 Å². The third-order valence-electron chi connectivity index (χ3n) is 16.0. The van der Waals surface area contributed by atoms with Gasteiger partial charge in [-0.05, 0) is 114 Å². The number of hydrogen-bond acceptors (Lipinski definition) is 14. The fraction of sp³-hybridized carbons (Fsp3) is 0.518. The van der Waals surface area contributed by atoms with Crippen molar-refractivity contribution in [2.75, 3.05) is 50.0 Å². The summed E-state index contributed by atoms with van der Waals surface area (Å²) in [5.41, 5.74) is 2.48. The number of likely N-dealkylation sites (tertiary alicyclic amines) is 1. The van der Waals surface area contributed by atoms with Gasteiger partial charge >= 0.3 is 0 Å². The van der Waals surface area contributed by atoms with Crippen LogP contribution in [0, 0.1) is 18.7 Å². The van der Waals surface area contributed by atoms with Crippen molar-refractivity contribution in [3.63, 3.8) is 0 Å². The highest BCUT2D eigenvalue weighted by atomic mass is 32.1. The lowest BCUT2D eigenvalue weighted by atomic mass is 9.83. The Labute approximate surface area is 445 Å². The van der Waals surface area contributed by atoms with Crippen LogP contribution in [0.3, 0.4) is 0 Å². The third-order valence-corrected chi connectivity index (χ3v) is 16.9. The lowest BCUT2D eigenvalue weighted by Crippen LogP contribution is -2.57. The second-order valence-electron chi connectivity index (χ2n) is 20.9. The van der Waals surface area contributed by atoms with Crippen LogP contribution in [-0.2, 0) is 25.6 Å². The van der Waals surface area contributed by atoms with Crippen LogP contribution in [0.4, 0.5) is 21.8 Å². The highest BCUT2D eigenvalue weighted by molar-refractivity contribution is 7.09. The molecule has 9 rings (SSSR count). The molecule has 2 aliphatic heterocycles. The maximum atomic E-state index is 14.5. The number of nitrogens with one attached hydrogen (secondary N) is 2. The Morgan fingerprint density at radius 3 is 2.26 bits per heavy atom. The predicted molar refractivity (Wildman–Crippen MR) is 287 cm³/mol. The highest BCUT2D eigenvalue weighted by Gasteiger charge is 2.40. The number of rotatable bonds is 18. The van der Waals surface area contributed by atoms with Gasteiger partial charge in [0.15, 0.2) is 5.78 Å². The van der Waals surface area contributed by atoms with Crippen molar-refractivity contribution >= 4 is 75.0 Å². The number of aromatic nitrogens is 5. The molecule has 0 radical (unpaired) electrons. The van der Waals surface area contributed by atoms with Crippen LogP contribution < -0.4 is 21.1 Å². The zero-order valence-corrected chi connectivity index (χ0v) is 44.7. The number of ketones is 2. The number of fused-ring (bicyclic) bond motifs is 1. The Morgan fingerprint density at radius 1 is 0.842 bits per heavy atom. The van der Waals surface area contributed by atoms with Crippen molar-refractivity contribution in [3.05, 3.63) is 97.7 Å². The summed E-state index contributed by atoms with van der Waals surface area (Å²) in [7, 11) is 1.59. The molecular weight excluding hydrogens is 990 g/mol. The van der Waals surface area contributed by atoms with E-state index in [1.54, 1.807) is 43.2 Å². The Bertz CT molecular complexity index is 3020. The number of nitrogens with zero attached hydrogens (tertiary/aromatic N) is 9. The molecule has 2 saturated carbocycles. The van der Waals surface area contributed by atoms with E-state index in [2.05, 4.69) is 30.5 Å². The lowest BCUT2D eigenvalue weighted by Gasteiger charge is -2.36. The van der Waals surface area contributed by atoms with Gasteiger partial charge < -0.3 is 30.2 Å². The zero-order valence-electron chi connectivity index (χ0n) is 43.9. The van der Waals surface area contributed by atoms with E-state index in [0.29, 0.717) is 73.5 Å². The average molecular weight is 1060 g/mol. The SMILES string of the molecule is CC(=O)c1c(C)c2cnc(Nc3ccc(N4CCN(C(=O)CCCC(=O)N(C)[C@@H](C)C(=O)N[C@H](C(=O)N5CCC[C@H]5Cc5nc(C(=O)c6ccc(F)cc6)cs5)C5CCCCC5)CC4)cn3)nc2n(C2CCCC2)c1=O. The summed E-state index contributed by atoms with van der Waals surface area (Å²) in [6.07, 6.45) is 14.4. The molecule has 4 fully saturated rings. The summed E-state index contributed by atoms with van der Waals surface area (Å²) < 4.78 is 15.2. The smallest absolute Gasteiger partial charge is 0.263 e. The van der Waals surface area contributed by atoms with Crippen molar-refractivity contribution in [1.82, 2.24) is 44.5 Å². The van der Waals surface area contributed by atoms with E-state index in [9.17, 15) is 38.0 Å². The van der Waals surface area contributed by atoms with Gasteiger partial charge in [0.05, 0.1) is 22.5 Å². The standard InChI is InChI=1S/C56H68FN11O7S/c1-34-43-32-59-56(63-52(43)68(40-14-8-9-15-40)54(74)49(34)36(3)69)61-45-24-23-42(31-58-45)65-26-28-66(29-27-65)48(71)18-10-17-47(70)64(4)35(2)53(73)62-50(37-12-6-5-7-13-37)55(75)67-25-11-16-41(67)30-46-60-44(33-76-46)51(72)38-19-21-39(57)22-20-38/h19-24,31-33,35,37,40-41,50H,5-18,25-30H2,1-4H3,(H,62,73)(H,58,59,61,63)/t35-,41-,50-/m0/s1. The number of pyridine rings is 2. The first-order chi connectivity index (χ1) is 36.6. The molecular formula is C56H68FN11O7S. The van der Waals surface area contributed by atoms with Crippen molar-refractivity contribution < 1.29 is 33.2 Å². The zero-order chi connectivity index (χ0) is 53.6. The third kappa shape index (κ3) is 12.0. The van der Waals surface area contributed by atoms with Crippen LogP contribution >= 0.6 is 11.3 Å². The molecule has 3 atom stereocenters. The average Bonchev–Trinajstić information content (AvgIpc) is 4.26. The van der Waals surface area contributed by atoms with Crippen LogP contribution in [0.1, 0.15) is 147 Å². The van der Waals surface area contributed by atoms with E-state index < -0.39 is 23.8 Å². The molecule has 6 heterocycles. The first kappa shape index (κ1) is 53.9. The number of carbonyl (C=O) groups is 6. The number of hydrogen-bond donors (Lipinski definition) is 2. The molecule has 0 bridgehead atoms. The fourth-order valence-corrected chi connectivity index (χ4v) is 12.3. The first-order valence-electron chi connectivity index (χ1n) is 26.9. The molecule has 402 valence electrons. The van der Waals surface area contributed by atoms with E-state index in [-0.39, 0.29) is 82.9 Å². The normalized spacial score (nSPS) is 18.2. The topological polar surface area (TPSA) is 213 Å². The summed E-state index contributed by atoms with van der Waals surface area (Å²) >= 11 is 1.36. The van der Waals surface area contributed by atoms with E-state index in [1.165, 1.54) is 47.4 Å². The maximum absolute atomic E-state index is 14.5. The molecule has 20 heteroatoms. The quantitative estimate of drug-likeness (QED) is 0.0823. The van der Waals surface area contributed by atoms with Gasteiger partial charge in [-0.2, -0.15) is 4.98 Å². The van der Waals surface area contributed by atoms with Crippen molar-refractivity contribution in [2.24, 2.45) is 5.92 Å². The fourth-order valence-electron chi connectivity index (χ4n) is 11.5. The van der Waals surface area contributed by atoms with Crippen LogP contribution in [0.5, 0.6) is 0 Å². The van der Waals surface area contributed by atoms with Gasteiger partial charge in [0.25, 0.3) is 5.56 Å². The van der Waals surface area contributed by atoms with Gasteiger partial charge in [0, 0.05) is 93.6 Å². The molecule has 0 unspecified atom stereocenters. The molecule has 0 spiro atoms. The number of piperazine rings is 1. The summed E-state index contributed by atoms with van der Waals surface area (Å²) in [4.78, 5) is 120. The van der Waals surface area contributed by atoms with Crippen molar-refractivity contribution in [1.29, 1.82) is 0 Å². The maximum Gasteiger partial charge on any atom is 0.263 e. The van der Waals surface area contributed by atoms with Crippen LogP contribution in [0.2, 0.25) is 0 Å². The first-order valence-corrected chi connectivity index (χ1v) is 27.8. The molecule has 18 nitrogen and oxygen atoms in total. The number of benzene rings is 1. The molecule has 76 heavy (non-hydrogen) atoms. The predicted octanol–water partition coefficient (Wildman–Crippen LogP) is 7.35. The second-order valence-corrected chi connectivity index (χ2v) is 21.9. The van der Waals surface area contributed by atoms with E-state index in [0.717, 1.165) is 81.3 Å². The Balaban J connectivity index is 0.735. The number of aryl methyl sites for hydroxylation is 1. The van der Waals surface area contributed by atoms with E-state index in [1.807, 2.05) is 21.9 Å². The number of likely N-dealkylation sites (N-methyl/N-ethyl adjacent to an activating group) is 1. The second kappa shape index (κ2) is 23.9. The number of halogens is 1. The molecule has 4 aliphatic rings. The largest absolute Gasteiger partial charge is 0.367 e. The minimum absolute atomic E-state index is 0.0314. The molecule has 2 N–H and O–H groups in total. The molecule has 2 saturated heterocycles. The minimum Gasteiger partial charge on any atom is -0.367 e. The van der Waals surface area contributed by atoms with Gasteiger partial charge in [-0.1, -0.05) is 32.1 Å². The molecule has 4 amide bonds. The highest BCUT2D eigenvalue weighted by Crippen LogP contribution is 2.34. The molecule has 2 aliphatic carbocycles. The summed E-state index contributed by atoms with van der Waals surface area (Å²) in [6, 6.07) is 7.37. The van der Waals surface area contributed by atoms with Gasteiger partial charge in [0.1, 0.15) is 35.1 Å². The van der Waals surface area contributed by atoms with E-state index in [4.69, 9.17) is 4.98 Å². The number of carbonyl (C=O) groups excluding carboxylic acids is 6. The van der Waals surface area contributed by atoms with Gasteiger partial charge in [-0.3, -0.25) is 38.1 Å². The van der Waals surface area contributed by atoms with E-state index >= 15 is 0 Å². The van der Waals surface area contributed by atoms with Crippen molar-refractivity contribution in [3.8, 4) is 0 Å². The summed E-state index contributed by atoms with van der Waals surface area (Å²) in [6.45, 7) is 7.60. The van der Waals surface area contributed by atoms with Crippen molar-refractivity contribution in [2.45, 2.75) is 141 Å². The molecule has 4 aromatic heterocycles. The summed E-state index contributed by atoms with van der Waals surface area (Å²) in [5, 5.41) is 9.36. The Morgan fingerprint density at radius 2 is 1.57 bits per heavy atom. The number of anilines is 3.